The summed E-state index contributed by atoms with van der Waals surface area (Å²) in [4.78, 5) is 15.4. The minimum Gasteiger partial charge on any atom is -0.372 e. The zero-order valence-electron chi connectivity index (χ0n) is 17.0. The van der Waals surface area contributed by atoms with E-state index >= 15 is 0 Å². The number of anilines is 1. The molecule has 3 aromatic carbocycles. The van der Waals surface area contributed by atoms with Crippen LogP contribution in [0.2, 0.25) is 0 Å². The van der Waals surface area contributed by atoms with Gasteiger partial charge in [-0.05, 0) is 61.6 Å². The van der Waals surface area contributed by atoms with Crippen molar-refractivity contribution in [2.75, 3.05) is 18.0 Å². The summed E-state index contributed by atoms with van der Waals surface area (Å²) in [6.45, 7) is 4.29. The third kappa shape index (κ3) is 4.68. The number of piperidine rings is 1. The van der Waals surface area contributed by atoms with Crippen LogP contribution in [-0.4, -0.2) is 19.0 Å². The number of rotatable bonds is 5. The number of carbonyl (C=O) groups is 1. The molecule has 0 aromatic heterocycles. The van der Waals surface area contributed by atoms with E-state index in [4.69, 9.17) is 0 Å². The molecule has 1 aliphatic rings. The molecule has 3 nitrogen and oxygen atoms in total. The maximum absolute atomic E-state index is 13.0. The first kappa shape index (κ1) is 19.3. The van der Waals surface area contributed by atoms with Crippen molar-refractivity contribution in [1.29, 1.82) is 0 Å². The van der Waals surface area contributed by atoms with Gasteiger partial charge in [0, 0.05) is 24.3 Å². The molecule has 1 aliphatic heterocycles. The largest absolute Gasteiger partial charge is 0.372 e. The molecule has 1 fully saturated rings. The monoisotopic (exact) mass is 384 g/mol. The maximum Gasteiger partial charge on any atom is 0.252 e. The number of benzene rings is 3. The average Bonchev–Trinajstić information content (AvgIpc) is 2.79. The van der Waals surface area contributed by atoms with E-state index in [1.165, 1.54) is 30.5 Å². The summed E-state index contributed by atoms with van der Waals surface area (Å²) in [6, 6.07) is 26.3. The lowest BCUT2D eigenvalue weighted by atomic mass is 9.97. The van der Waals surface area contributed by atoms with E-state index in [9.17, 15) is 4.79 Å². The van der Waals surface area contributed by atoms with Crippen molar-refractivity contribution in [3.63, 3.8) is 0 Å². The van der Waals surface area contributed by atoms with Crippen LogP contribution in [0.3, 0.4) is 0 Å². The quantitative estimate of drug-likeness (QED) is 0.629. The zero-order valence-corrected chi connectivity index (χ0v) is 17.0. The normalized spacial score (nSPS) is 15.0. The number of carbonyl (C=O) groups excluding carboxylic acids is 1. The Morgan fingerprint density at radius 2 is 1.41 bits per heavy atom. The zero-order chi connectivity index (χ0) is 20.1. The van der Waals surface area contributed by atoms with Crippen LogP contribution in [0, 0.1) is 6.92 Å². The van der Waals surface area contributed by atoms with Gasteiger partial charge >= 0.3 is 0 Å². The van der Waals surface area contributed by atoms with Crippen molar-refractivity contribution in [3.05, 3.63) is 101 Å². The van der Waals surface area contributed by atoms with Crippen molar-refractivity contribution in [3.8, 4) is 0 Å². The minimum atomic E-state index is -0.175. The molecule has 3 heteroatoms. The van der Waals surface area contributed by atoms with E-state index in [2.05, 4.69) is 65.7 Å². The van der Waals surface area contributed by atoms with Crippen molar-refractivity contribution in [2.24, 2.45) is 0 Å². The molecule has 1 N–H and O–H groups in total. The van der Waals surface area contributed by atoms with Gasteiger partial charge in [-0.3, -0.25) is 4.79 Å². The summed E-state index contributed by atoms with van der Waals surface area (Å²) in [5.41, 5.74) is 5.27. The molecule has 0 radical (unpaired) electrons. The van der Waals surface area contributed by atoms with E-state index in [1.807, 2.05) is 30.3 Å². The number of aryl methyl sites for hydroxylation is 1. The lowest BCUT2D eigenvalue weighted by Crippen LogP contribution is -2.30. The molecule has 1 heterocycles. The average molecular weight is 385 g/mol. The van der Waals surface area contributed by atoms with Gasteiger partial charge in [-0.25, -0.2) is 0 Å². The van der Waals surface area contributed by atoms with Crippen LogP contribution in [0.15, 0.2) is 78.9 Å². The van der Waals surface area contributed by atoms with Crippen molar-refractivity contribution in [1.82, 2.24) is 5.32 Å². The summed E-state index contributed by atoms with van der Waals surface area (Å²) in [5, 5.41) is 3.23. The van der Waals surface area contributed by atoms with Crippen LogP contribution < -0.4 is 10.2 Å². The van der Waals surface area contributed by atoms with Gasteiger partial charge in [0.25, 0.3) is 5.91 Å². The Bertz CT molecular complexity index is 927. The molecular formula is C26H28N2O. The van der Waals surface area contributed by atoms with Crippen LogP contribution in [0.5, 0.6) is 0 Å². The van der Waals surface area contributed by atoms with Gasteiger partial charge in [0.05, 0.1) is 6.04 Å². The highest BCUT2D eigenvalue weighted by Crippen LogP contribution is 2.24. The molecular weight excluding hydrogens is 356 g/mol. The SMILES string of the molecule is Cc1ccc(C(NC(=O)c2ccc(N3CCCCC3)cc2)c2ccccc2)cc1. The third-order valence-corrected chi connectivity index (χ3v) is 5.67. The fourth-order valence-electron chi connectivity index (χ4n) is 3.95. The first-order valence-electron chi connectivity index (χ1n) is 10.5. The Morgan fingerprint density at radius 3 is 2.07 bits per heavy atom. The molecule has 1 saturated heterocycles. The predicted molar refractivity (Wildman–Crippen MR) is 119 cm³/mol. The van der Waals surface area contributed by atoms with E-state index < -0.39 is 0 Å². The van der Waals surface area contributed by atoms with Gasteiger partial charge in [-0.15, -0.1) is 0 Å². The molecule has 1 unspecified atom stereocenters. The fourth-order valence-corrected chi connectivity index (χ4v) is 3.95. The van der Waals surface area contributed by atoms with Crippen LogP contribution in [0.4, 0.5) is 5.69 Å². The highest BCUT2D eigenvalue weighted by atomic mass is 16.1. The van der Waals surface area contributed by atoms with Crippen molar-refractivity contribution < 1.29 is 4.79 Å². The summed E-state index contributed by atoms with van der Waals surface area (Å²) in [7, 11) is 0. The van der Waals surface area contributed by atoms with E-state index in [0.29, 0.717) is 5.56 Å². The van der Waals surface area contributed by atoms with E-state index in [1.54, 1.807) is 0 Å². The molecule has 29 heavy (non-hydrogen) atoms. The highest BCUT2D eigenvalue weighted by molar-refractivity contribution is 5.95. The Kier molecular flexibility index (Phi) is 5.95. The maximum atomic E-state index is 13.0. The molecule has 148 valence electrons. The summed E-state index contributed by atoms with van der Waals surface area (Å²) in [6.07, 6.45) is 3.81. The Balaban J connectivity index is 1.54. The molecule has 3 aromatic rings. The van der Waals surface area contributed by atoms with Crippen LogP contribution in [0.25, 0.3) is 0 Å². The molecule has 0 spiro atoms. The third-order valence-electron chi connectivity index (χ3n) is 5.67. The van der Waals surface area contributed by atoms with E-state index in [-0.39, 0.29) is 11.9 Å². The van der Waals surface area contributed by atoms with Gasteiger partial charge in [0.1, 0.15) is 0 Å². The topological polar surface area (TPSA) is 32.3 Å². The second kappa shape index (κ2) is 8.95. The summed E-state index contributed by atoms with van der Waals surface area (Å²) >= 11 is 0. The smallest absolute Gasteiger partial charge is 0.252 e. The van der Waals surface area contributed by atoms with Gasteiger partial charge in [0.2, 0.25) is 0 Å². The molecule has 1 amide bonds. The molecule has 0 saturated carbocycles. The van der Waals surface area contributed by atoms with Gasteiger partial charge in [-0.2, -0.15) is 0 Å². The fraction of sp³-hybridized carbons (Fsp3) is 0.269. The highest BCUT2D eigenvalue weighted by Gasteiger charge is 2.18. The molecule has 1 atom stereocenters. The summed E-state index contributed by atoms with van der Waals surface area (Å²) < 4.78 is 0. The van der Waals surface area contributed by atoms with Gasteiger partial charge in [-0.1, -0.05) is 60.2 Å². The van der Waals surface area contributed by atoms with Crippen molar-refractivity contribution >= 4 is 11.6 Å². The number of hydrogen-bond acceptors (Lipinski definition) is 2. The second-order valence-corrected chi connectivity index (χ2v) is 7.82. The van der Waals surface area contributed by atoms with Gasteiger partial charge < -0.3 is 10.2 Å². The van der Waals surface area contributed by atoms with Crippen LogP contribution in [-0.2, 0) is 0 Å². The first-order chi connectivity index (χ1) is 14.2. The Hall–Kier alpha value is -3.07. The first-order valence-corrected chi connectivity index (χ1v) is 10.5. The Morgan fingerprint density at radius 1 is 0.793 bits per heavy atom. The lowest BCUT2D eigenvalue weighted by Gasteiger charge is -2.28. The van der Waals surface area contributed by atoms with E-state index in [0.717, 1.165) is 24.2 Å². The minimum absolute atomic E-state index is 0.0513. The summed E-state index contributed by atoms with van der Waals surface area (Å²) in [5.74, 6) is -0.0513. The van der Waals surface area contributed by atoms with Gasteiger partial charge in [0.15, 0.2) is 0 Å². The van der Waals surface area contributed by atoms with Crippen molar-refractivity contribution in [2.45, 2.75) is 32.2 Å². The van der Waals surface area contributed by atoms with Crippen LogP contribution in [0.1, 0.15) is 52.4 Å². The lowest BCUT2D eigenvalue weighted by molar-refractivity contribution is 0.0943. The second-order valence-electron chi connectivity index (χ2n) is 7.82. The predicted octanol–water partition coefficient (Wildman–Crippen LogP) is 5.50. The molecule has 0 bridgehead atoms. The number of nitrogens with zero attached hydrogens (tertiary/aromatic N) is 1. The Labute approximate surface area is 173 Å². The number of hydrogen-bond donors (Lipinski definition) is 1. The standard InChI is InChI=1S/C26H28N2O/c1-20-10-12-22(13-11-20)25(21-8-4-2-5-9-21)27-26(29)23-14-16-24(17-15-23)28-18-6-3-7-19-28/h2,4-5,8-17,25H,3,6-7,18-19H2,1H3,(H,27,29). The van der Waals surface area contributed by atoms with Crippen LogP contribution >= 0.6 is 0 Å². The number of nitrogens with one attached hydrogen (secondary N) is 1. The molecule has 4 rings (SSSR count). The molecule has 0 aliphatic carbocycles. The number of amides is 1.